The highest BCUT2D eigenvalue weighted by Crippen LogP contribution is 2.11. The van der Waals surface area contributed by atoms with Gasteiger partial charge in [0.2, 0.25) is 0 Å². The van der Waals surface area contributed by atoms with Crippen LogP contribution >= 0.6 is 0 Å². The van der Waals surface area contributed by atoms with Crippen molar-refractivity contribution in [3.8, 4) is 0 Å². The molecule has 0 fully saturated rings. The van der Waals surface area contributed by atoms with E-state index in [-0.39, 0.29) is 23.6 Å². The normalized spacial score (nSPS) is 10.9. The molecule has 8 nitrogen and oxygen atoms in total. The van der Waals surface area contributed by atoms with Crippen LogP contribution in [-0.4, -0.2) is 50.9 Å². The van der Waals surface area contributed by atoms with Crippen molar-refractivity contribution in [2.24, 2.45) is 0 Å². The largest absolute Gasteiger partial charge is 0.383 e. The number of carbonyl (C=O) groups is 1. The maximum absolute atomic E-state index is 12.8. The van der Waals surface area contributed by atoms with Crippen molar-refractivity contribution < 1.29 is 9.53 Å². The lowest BCUT2D eigenvalue weighted by atomic mass is 10.1. The second kappa shape index (κ2) is 8.06. The Kier molecular flexibility index (Phi) is 6.08. The summed E-state index contributed by atoms with van der Waals surface area (Å²) in [6.45, 7) is 7.47. The fourth-order valence-electron chi connectivity index (χ4n) is 2.83. The van der Waals surface area contributed by atoms with Crippen molar-refractivity contribution in [3.05, 3.63) is 45.4 Å². The molecule has 0 aromatic carbocycles. The summed E-state index contributed by atoms with van der Waals surface area (Å²) in [5, 5.41) is 7.95. The number of amides is 1. The zero-order valence-corrected chi connectivity index (χ0v) is 15.4. The van der Waals surface area contributed by atoms with Crippen molar-refractivity contribution in [1.29, 1.82) is 0 Å². The van der Waals surface area contributed by atoms with E-state index in [0.29, 0.717) is 31.1 Å². The molecule has 0 aliphatic carbocycles. The number of aromatic nitrogens is 4. The molecule has 2 aromatic rings. The molecule has 0 aliphatic heterocycles. The van der Waals surface area contributed by atoms with Crippen LogP contribution in [0.2, 0.25) is 0 Å². The van der Waals surface area contributed by atoms with Gasteiger partial charge in [-0.2, -0.15) is 0 Å². The first-order valence-electron chi connectivity index (χ1n) is 8.22. The Morgan fingerprint density at radius 2 is 2.08 bits per heavy atom. The highest BCUT2D eigenvalue weighted by molar-refractivity contribution is 5.95. The molecule has 0 aliphatic rings. The monoisotopic (exact) mass is 347 g/mol. The van der Waals surface area contributed by atoms with E-state index in [4.69, 9.17) is 4.74 Å². The summed E-state index contributed by atoms with van der Waals surface area (Å²) in [5.74, 6) is 0.333. The molecule has 0 bridgehead atoms. The summed E-state index contributed by atoms with van der Waals surface area (Å²) in [5.41, 5.74) is 1.49. The molecule has 2 rings (SSSR count). The lowest BCUT2D eigenvalue weighted by Crippen LogP contribution is -2.36. The molecule has 0 saturated heterocycles. The minimum atomic E-state index is -0.314. The van der Waals surface area contributed by atoms with Crippen molar-refractivity contribution in [2.45, 2.75) is 40.4 Å². The number of nitrogens with zero attached hydrogens (tertiary/aromatic N) is 5. The first-order chi connectivity index (χ1) is 11.9. The number of ether oxygens (including phenoxy) is 1. The molecule has 0 radical (unpaired) electrons. The average Bonchev–Trinajstić information content (AvgIpc) is 2.99. The van der Waals surface area contributed by atoms with Gasteiger partial charge in [-0.1, -0.05) is 0 Å². The van der Waals surface area contributed by atoms with Crippen molar-refractivity contribution in [1.82, 2.24) is 24.2 Å². The van der Waals surface area contributed by atoms with E-state index in [2.05, 4.69) is 10.2 Å². The lowest BCUT2D eigenvalue weighted by molar-refractivity contribution is 0.0776. The van der Waals surface area contributed by atoms with Gasteiger partial charge in [0.1, 0.15) is 11.9 Å². The fraction of sp³-hybridized carbons (Fsp3) is 0.529. The average molecular weight is 347 g/mol. The zero-order valence-electron chi connectivity index (χ0n) is 15.4. The second-order valence-electron chi connectivity index (χ2n) is 5.99. The molecule has 25 heavy (non-hydrogen) atoms. The smallest absolute Gasteiger partial charge is 0.263 e. The highest BCUT2D eigenvalue weighted by atomic mass is 16.5. The summed E-state index contributed by atoms with van der Waals surface area (Å²) in [7, 11) is 3.28. The third-order valence-electron chi connectivity index (χ3n) is 4.19. The molecule has 136 valence electrons. The minimum absolute atomic E-state index is 0.206. The van der Waals surface area contributed by atoms with Crippen LogP contribution in [0.3, 0.4) is 0 Å². The predicted molar refractivity (Wildman–Crippen MR) is 93.5 cm³/mol. The van der Waals surface area contributed by atoms with Crippen LogP contribution in [-0.2, 0) is 24.4 Å². The van der Waals surface area contributed by atoms with E-state index in [0.717, 1.165) is 5.69 Å². The van der Waals surface area contributed by atoms with Crippen molar-refractivity contribution in [3.63, 3.8) is 0 Å². The number of hydrogen-bond donors (Lipinski definition) is 0. The summed E-state index contributed by atoms with van der Waals surface area (Å²) >= 11 is 0. The number of methoxy groups -OCH3 is 1. The third kappa shape index (κ3) is 3.96. The van der Waals surface area contributed by atoms with Crippen LogP contribution in [0.25, 0.3) is 0 Å². The maximum atomic E-state index is 12.8. The zero-order chi connectivity index (χ0) is 18.6. The van der Waals surface area contributed by atoms with Gasteiger partial charge in [-0.3, -0.25) is 9.59 Å². The van der Waals surface area contributed by atoms with Crippen LogP contribution in [0.15, 0.2) is 17.2 Å². The number of aryl methyl sites for hydroxylation is 2. The standard InChI is InChI=1S/C17H25N5O3/c1-6-22-13(3)9-12(2)15(17(22)24)16(23)20(4)10-14-19-18-11-21(14)7-8-25-5/h9,11H,6-8,10H2,1-5H3. The van der Waals surface area contributed by atoms with Gasteiger partial charge in [-0.25, -0.2) is 0 Å². The Balaban J connectivity index is 2.27. The van der Waals surface area contributed by atoms with Gasteiger partial charge >= 0.3 is 0 Å². The van der Waals surface area contributed by atoms with Gasteiger partial charge in [0.05, 0.1) is 13.2 Å². The van der Waals surface area contributed by atoms with Gasteiger partial charge in [-0.15, -0.1) is 10.2 Å². The SMILES string of the molecule is CCn1c(C)cc(C)c(C(=O)N(C)Cc2nncn2CCOC)c1=O. The van der Waals surface area contributed by atoms with E-state index in [1.165, 1.54) is 4.90 Å². The molecule has 1 amide bonds. The van der Waals surface area contributed by atoms with Crippen molar-refractivity contribution in [2.75, 3.05) is 20.8 Å². The van der Waals surface area contributed by atoms with Crippen LogP contribution in [0.1, 0.15) is 34.4 Å². The van der Waals surface area contributed by atoms with E-state index < -0.39 is 0 Å². The van der Waals surface area contributed by atoms with Crippen LogP contribution in [0, 0.1) is 13.8 Å². The topological polar surface area (TPSA) is 82.2 Å². The first-order valence-corrected chi connectivity index (χ1v) is 8.22. The maximum Gasteiger partial charge on any atom is 0.263 e. The van der Waals surface area contributed by atoms with E-state index in [1.807, 2.05) is 24.5 Å². The van der Waals surface area contributed by atoms with Gasteiger partial charge in [-0.05, 0) is 32.4 Å². The Hall–Kier alpha value is -2.48. The molecule has 8 heteroatoms. The molecule has 0 N–H and O–H groups in total. The van der Waals surface area contributed by atoms with Gasteiger partial charge in [0.15, 0.2) is 5.82 Å². The molecular formula is C17H25N5O3. The summed E-state index contributed by atoms with van der Waals surface area (Å²) in [6.07, 6.45) is 1.61. The number of pyridine rings is 1. The molecule has 0 spiro atoms. The molecule has 0 atom stereocenters. The van der Waals surface area contributed by atoms with Crippen LogP contribution < -0.4 is 5.56 Å². The van der Waals surface area contributed by atoms with Gasteiger partial charge in [0.25, 0.3) is 11.5 Å². The van der Waals surface area contributed by atoms with E-state index >= 15 is 0 Å². The number of hydrogen-bond acceptors (Lipinski definition) is 5. The molecular weight excluding hydrogens is 322 g/mol. The Morgan fingerprint density at radius 1 is 1.36 bits per heavy atom. The Bertz CT molecular complexity index is 809. The second-order valence-corrected chi connectivity index (χ2v) is 5.99. The Morgan fingerprint density at radius 3 is 2.72 bits per heavy atom. The van der Waals surface area contributed by atoms with Gasteiger partial charge < -0.3 is 18.8 Å². The van der Waals surface area contributed by atoms with E-state index in [9.17, 15) is 9.59 Å². The van der Waals surface area contributed by atoms with E-state index in [1.54, 1.807) is 32.0 Å². The minimum Gasteiger partial charge on any atom is -0.383 e. The number of carbonyl (C=O) groups excluding carboxylic acids is 1. The summed E-state index contributed by atoms with van der Waals surface area (Å²) in [4.78, 5) is 27.0. The fourth-order valence-corrected chi connectivity index (χ4v) is 2.83. The third-order valence-corrected chi connectivity index (χ3v) is 4.19. The van der Waals surface area contributed by atoms with Crippen LogP contribution in [0.4, 0.5) is 0 Å². The Labute approximate surface area is 147 Å². The molecule has 2 heterocycles. The first kappa shape index (κ1) is 18.9. The number of rotatable bonds is 7. The molecule has 0 saturated carbocycles. The van der Waals surface area contributed by atoms with Gasteiger partial charge in [0, 0.05) is 32.9 Å². The summed E-state index contributed by atoms with van der Waals surface area (Å²) in [6, 6.07) is 1.87. The quantitative estimate of drug-likeness (QED) is 0.746. The predicted octanol–water partition coefficient (Wildman–Crippen LogP) is 0.995. The van der Waals surface area contributed by atoms with Crippen molar-refractivity contribution >= 4 is 5.91 Å². The lowest BCUT2D eigenvalue weighted by Gasteiger charge is -2.19. The molecule has 2 aromatic heterocycles. The highest BCUT2D eigenvalue weighted by Gasteiger charge is 2.21. The van der Waals surface area contributed by atoms with Crippen LogP contribution in [0.5, 0.6) is 0 Å². The summed E-state index contributed by atoms with van der Waals surface area (Å²) < 4.78 is 8.50. The molecule has 0 unspecified atom stereocenters.